The van der Waals surface area contributed by atoms with Gasteiger partial charge >= 0.3 is 5.97 Å². The number of β-amino-alcohol motifs (C(OH)–C–C–N with tert-alkyl or cyclic N) is 1. The predicted octanol–water partition coefficient (Wildman–Crippen LogP) is 5.13. The van der Waals surface area contributed by atoms with E-state index in [1.165, 1.54) is 12.4 Å². The molecule has 2 aromatic carbocycles. The highest BCUT2D eigenvalue weighted by Crippen LogP contribution is 2.37. The molecule has 0 bridgehead atoms. The molecule has 1 aromatic heterocycles. The molecule has 1 aliphatic heterocycles. The van der Waals surface area contributed by atoms with Crippen LogP contribution in [0.5, 0.6) is 11.5 Å². The number of aliphatic hydroxyl groups excluding tert-OH is 1. The monoisotopic (exact) mass is 599 g/mol. The number of benzene rings is 2. The number of aromatic hydroxyl groups is 1. The number of piperazine rings is 1. The van der Waals surface area contributed by atoms with Gasteiger partial charge in [0.05, 0.1) is 28.8 Å². The minimum atomic E-state index is -0.737. The van der Waals surface area contributed by atoms with Gasteiger partial charge in [0.15, 0.2) is 11.5 Å². The fourth-order valence-electron chi connectivity index (χ4n) is 4.90. The smallest absolute Gasteiger partial charge is 0.338 e. The first kappa shape index (κ1) is 29.6. The molecule has 2 heterocycles. The lowest BCUT2D eigenvalue weighted by Gasteiger charge is -2.34. The van der Waals surface area contributed by atoms with Gasteiger partial charge in [-0.3, -0.25) is 14.8 Å². The lowest BCUT2D eigenvalue weighted by atomic mass is 10.0. The Labute approximate surface area is 250 Å². The average Bonchev–Trinajstić information content (AvgIpc) is 3.80. The summed E-state index contributed by atoms with van der Waals surface area (Å²) in [7, 11) is 0. The van der Waals surface area contributed by atoms with E-state index in [9.17, 15) is 9.90 Å². The zero-order valence-electron chi connectivity index (χ0n) is 22.8. The topological polar surface area (TPSA) is 95.4 Å². The number of carbonyl (C=O) groups is 1. The Bertz CT molecular complexity index is 1310. The molecule has 2 aliphatic rings. The molecule has 1 atom stereocenters. The Kier molecular flexibility index (Phi) is 10.0. The number of carbonyl (C=O) groups excluding carboxylic acids is 1. The van der Waals surface area contributed by atoms with Crippen LogP contribution in [0.3, 0.4) is 0 Å². The van der Waals surface area contributed by atoms with Gasteiger partial charge in [-0.15, -0.1) is 0 Å². The molecule has 0 unspecified atom stereocenters. The number of aromatic nitrogens is 1. The van der Waals surface area contributed by atoms with Gasteiger partial charge < -0.3 is 19.7 Å². The number of hydrogen-bond donors (Lipinski definition) is 2. The third-order valence-electron chi connectivity index (χ3n) is 7.60. The van der Waals surface area contributed by atoms with E-state index in [4.69, 9.17) is 37.8 Å². The summed E-state index contributed by atoms with van der Waals surface area (Å²) in [6.07, 6.45) is 4.75. The van der Waals surface area contributed by atoms with Crippen molar-refractivity contribution in [2.75, 3.05) is 45.9 Å². The molecule has 218 valence electrons. The maximum Gasteiger partial charge on any atom is 0.338 e. The van der Waals surface area contributed by atoms with E-state index in [1.54, 1.807) is 30.3 Å². The Balaban J connectivity index is 1.29. The average molecular weight is 601 g/mol. The first-order valence-corrected chi connectivity index (χ1v) is 14.7. The molecule has 1 saturated carbocycles. The molecule has 0 amide bonds. The first-order chi connectivity index (χ1) is 19.9. The molecule has 0 radical (unpaired) electrons. The van der Waals surface area contributed by atoms with E-state index >= 15 is 0 Å². The number of hydrogen-bond acceptors (Lipinski definition) is 8. The van der Waals surface area contributed by atoms with Crippen molar-refractivity contribution in [2.24, 2.45) is 5.92 Å². The van der Waals surface area contributed by atoms with E-state index in [2.05, 4.69) is 14.8 Å². The van der Waals surface area contributed by atoms with Crippen LogP contribution in [0.25, 0.3) is 0 Å². The van der Waals surface area contributed by atoms with Gasteiger partial charge in [-0.2, -0.15) is 0 Å². The summed E-state index contributed by atoms with van der Waals surface area (Å²) in [5, 5.41) is 20.3. The fourth-order valence-corrected chi connectivity index (χ4v) is 5.42. The van der Waals surface area contributed by atoms with Crippen molar-refractivity contribution in [1.82, 2.24) is 14.8 Å². The van der Waals surface area contributed by atoms with E-state index in [-0.39, 0.29) is 18.8 Å². The number of halogens is 2. The van der Waals surface area contributed by atoms with Gasteiger partial charge in [-0.1, -0.05) is 41.4 Å². The number of phenolic OH excluding ortho intramolecular Hbond substituents is 1. The SMILES string of the molecule is O=C(O[C@@H](Cc1c(Cl)cncc1Cl)c1ccc(O)c(OCC2CC2)c1)c1ccc(CN2CCN(CCO)CC2)cc1. The molecule has 5 rings (SSSR count). The first-order valence-electron chi connectivity index (χ1n) is 14.0. The molecule has 41 heavy (non-hydrogen) atoms. The number of phenols is 1. The van der Waals surface area contributed by atoms with Crippen LogP contribution in [0.1, 0.15) is 46.0 Å². The van der Waals surface area contributed by atoms with Crippen LogP contribution in [-0.2, 0) is 17.7 Å². The number of rotatable bonds is 12. The second-order valence-electron chi connectivity index (χ2n) is 10.7. The third kappa shape index (κ3) is 8.11. The highest BCUT2D eigenvalue weighted by atomic mass is 35.5. The van der Waals surface area contributed by atoms with E-state index in [0.29, 0.717) is 51.6 Å². The van der Waals surface area contributed by atoms with Gasteiger partial charge in [-0.25, -0.2) is 4.79 Å². The summed E-state index contributed by atoms with van der Waals surface area (Å²) >= 11 is 12.8. The Morgan fingerprint density at radius 3 is 2.34 bits per heavy atom. The predicted molar refractivity (Wildman–Crippen MR) is 158 cm³/mol. The zero-order valence-corrected chi connectivity index (χ0v) is 24.4. The van der Waals surface area contributed by atoms with Crippen LogP contribution in [0, 0.1) is 5.92 Å². The molecule has 2 fully saturated rings. The quantitative estimate of drug-likeness (QED) is 0.277. The van der Waals surface area contributed by atoms with Crippen molar-refractivity contribution in [1.29, 1.82) is 0 Å². The van der Waals surface area contributed by atoms with Crippen LogP contribution < -0.4 is 4.74 Å². The maximum atomic E-state index is 13.3. The lowest BCUT2D eigenvalue weighted by molar-refractivity contribution is 0.0296. The van der Waals surface area contributed by atoms with Crippen molar-refractivity contribution in [3.05, 3.63) is 87.2 Å². The van der Waals surface area contributed by atoms with Crippen LogP contribution in [0.2, 0.25) is 10.0 Å². The van der Waals surface area contributed by atoms with Crippen molar-refractivity contribution in [3.63, 3.8) is 0 Å². The van der Waals surface area contributed by atoms with Crippen molar-refractivity contribution in [2.45, 2.75) is 31.9 Å². The van der Waals surface area contributed by atoms with Gasteiger partial charge in [0.1, 0.15) is 6.10 Å². The summed E-state index contributed by atoms with van der Waals surface area (Å²) in [5.41, 5.74) is 2.81. The molecule has 0 spiro atoms. The number of esters is 1. The van der Waals surface area contributed by atoms with Gasteiger partial charge in [0.2, 0.25) is 0 Å². The molecule has 8 nitrogen and oxygen atoms in total. The van der Waals surface area contributed by atoms with Crippen LogP contribution in [-0.4, -0.2) is 76.9 Å². The maximum absolute atomic E-state index is 13.3. The van der Waals surface area contributed by atoms with Crippen molar-refractivity contribution < 1.29 is 24.5 Å². The molecule has 1 saturated heterocycles. The third-order valence-corrected chi connectivity index (χ3v) is 8.25. The molecule has 3 aromatic rings. The van der Waals surface area contributed by atoms with Crippen LogP contribution in [0.4, 0.5) is 0 Å². The number of pyridine rings is 1. The highest BCUT2D eigenvalue weighted by Gasteiger charge is 2.25. The number of aliphatic hydroxyl groups is 1. The second-order valence-corrected chi connectivity index (χ2v) is 11.5. The summed E-state index contributed by atoms with van der Waals surface area (Å²) in [4.78, 5) is 22.0. The standard InChI is InChI=1S/C31H35Cl2N3O5/c32-26-17-34-18-27(33)25(26)16-29(24-7-8-28(38)30(15-24)40-20-22-1-2-22)41-31(39)23-5-3-21(4-6-23)19-36-11-9-35(10-12-36)13-14-37/h3-8,15,17-18,22,29,37-38H,1-2,9-14,16,19-20H2/t29-/m0/s1. The van der Waals surface area contributed by atoms with Gasteiger partial charge in [0, 0.05) is 58.1 Å². The van der Waals surface area contributed by atoms with Gasteiger partial charge in [-0.05, 0) is 59.7 Å². The molecule has 10 heteroatoms. The van der Waals surface area contributed by atoms with E-state index < -0.39 is 12.1 Å². The zero-order chi connectivity index (χ0) is 28.8. The molecular weight excluding hydrogens is 565 g/mol. The summed E-state index contributed by atoms with van der Waals surface area (Å²) in [6.45, 7) is 5.96. The van der Waals surface area contributed by atoms with E-state index in [0.717, 1.165) is 51.1 Å². The van der Waals surface area contributed by atoms with Gasteiger partial charge in [0.25, 0.3) is 0 Å². The highest BCUT2D eigenvalue weighted by molar-refractivity contribution is 6.35. The summed E-state index contributed by atoms with van der Waals surface area (Å²) < 4.78 is 11.9. The Morgan fingerprint density at radius 1 is 1.00 bits per heavy atom. The van der Waals surface area contributed by atoms with Crippen molar-refractivity contribution in [3.8, 4) is 11.5 Å². The molecule has 2 N–H and O–H groups in total. The largest absolute Gasteiger partial charge is 0.504 e. The summed E-state index contributed by atoms with van der Waals surface area (Å²) in [6, 6.07) is 12.4. The van der Waals surface area contributed by atoms with Crippen LogP contribution >= 0.6 is 23.2 Å². The Hall–Kier alpha value is -2.88. The Morgan fingerprint density at radius 2 is 1.68 bits per heavy atom. The van der Waals surface area contributed by atoms with Crippen molar-refractivity contribution >= 4 is 29.2 Å². The minimum absolute atomic E-state index is 0.0323. The minimum Gasteiger partial charge on any atom is -0.504 e. The molecular formula is C31H35Cl2N3O5. The second kappa shape index (κ2) is 13.9. The summed E-state index contributed by atoms with van der Waals surface area (Å²) in [5.74, 6) is 0.419. The van der Waals surface area contributed by atoms with Crippen LogP contribution in [0.15, 0.2) is 54.9 Å². The lowest BCUT2D eigenvalue weighted by Crippen LogP contribution is -2.46. The fraction of sp³-hybridized carbons (Fsp3) is 0.419. The molecule has 1 aliphatic carbocycles. The van der Waals surface area contributed by atoms with E-state index in [1.807, 2.05) is 12.1 Å². The normalized spacial score (nSPS) is 16.9. The number of ether oxygens (including phenoxy) is 2. The number of nitrogens with zero attached hydrogens (tertiary/aromatic N) is 3.